The van der Waals surface area contributed by atoms with E-state index in [2.05, 4.69) is 0 Å². The molecule has 1 aromatic carbocycles. The van der Waals surface area contributed by atoms with Crippen LogP contribution in [0.15, 0.2) is 18.2 Å². The minimum absolute atomic E-state index is 0.0236. The van der Waals surface area contributed by atoms with Crippen molar-refractivity contribution in [2.24, 2.45) is 0 Å². The molecule has 0 radical (unpaired) electrons. The van der Waals surface area contributed by atoms with Crippen LogP contribution in [0, 0.1) is 10.1 Å². The summed E-state index contributed by atoms with van der Waals surface area (Å²) in [5.74, 6) is -0.966. The fourth-order valence-electron chi connectivity index (χ4n) is 1.18. The van der Waals surface area contributed by atoms with Gasteiger partial charge < -0.3 is 9.84 Å². The second kappa shape index (κ2) is 6.05. The molecule has 0 bridgehead atoms. The number of carboxylic acids is 1. The Morgan fingerprint density at radius 3 is 2.82 bits per heavy atom. The maximum absolute atomic E-state index is 10.7. The number of hydrogen-bond donors (Lipinski definition) is 1. The fourth-order valence-corrected chi connectivity index (χ4v) is 1.41. The van der Waals surface area contributed by atoms with Gasteiger partial charge in [-0.1, -0.05) is 17.7 Å². The minimum atomic E-state index is -0.942. The lowest BCUT2D eigenvalue weighted by Crippen LogP contribution is -2.04. The molecule has 92 valence electrons. The van der Waals surface area contributed by atoms with E-state index < -0.39 is 10.9 Å². The first kappa shape index (κ1) is 13.2. The zero-order valence-electron chi connectivity index (χ0n) is 8.76. The summed E-state index contributed by atoms with van der Waals surface area (Å²) in [4.78, 5) is 20.4. The molecule has 0 spiro atoms. The van der Waals surface area contributed by atoms with E-state index in [-0.39, 0.29) is 35.9 Å². The van der Waals surface area contributed by atoms with E-state index in [4.69, 9.17) is 21.4 Å². The summed E-state index contributed by atoms with van der Waals surface area (Å²) in [5, 5.41) is 19.2. The van der Waals surface area contributed by atoms with Crippen molar-refractivity contribution in [2.45, 2.75) is 12.8 Å². The van der Waals surface area contributed by atoms with Gasteiger partial charge in [-0.05, 0) is 12.5 Å². The standard InChI is InChI=1S/C10H10ClNO5/c11-7-3-1-4-8(12(15)16)10(7)17-6-2-5-9(13)14/h1,3-4H,2,5-6H2,(H,13,14). The van der Waals surface area contributed by atoms with Gasteiger partial charge in [-0.25, -0.2) is 0 Å². The summed E-state index contributed by atoms with van der Waals surface area (Å²) < 4.78 is 5.14. The van der Waals surface area contributed by atoms with Crippen molar-refractivity contribution in [1.29, 1.82) is 0 Å². The molecule has 0 aliphatic carbocycles. The highest BCUT2D eigenvalue weighted by atomic mass is 35.5. The Kier molecular flexibility index (Phi) is 4.71. The van der Waals surface area contributed by atoms with E-state index >= 15 is 0 Å². The monoisotopic (exact) mass is 259 g/mol. The molecule has 0 fully saturated rings. The predicted octanol–water partition coefficient (Wildman–Crippen LogP) is 2.49. The number of benzene rings is 1. The number of para-hydroxylation sites is 1. The molecule has 0 saturated carbocycles. The van der Waals surface area contributed by atoms with Crippen LogP contribution in [-0.4, -0.2) is 22.6 Å². The van der Waals surface area contributed by atoms with Crippen molar-refractivity contribution in [2.75, 3.05) is 6.61 Å². The second-order valence-corrected chi connectivity index (χ2v) is 3.60. The molecule has 0 aliphatic rings. The molecule has 0 aliphatic heterocycles. The topological polar surface area (TPSA) is 89.7 Å². The van der Waals surface area contributed by atoms with Crippen molar-refractivity contribution in [3.63, 3.8) is 0 Å². The third-order valence-corrected chi connectivity index (χ3v) is 2.22. The van der Waals surface area contributed by atoms with Gasteiger partial charge in [0.1, 0.15) is 0 Å². The number of nitrogens with zero attached hydrogens (tertiary/aromatic N) is 1. The predicted molar refractivity (Wildman–Crippen MR) is 60.5 cm³/mol. The maximum Gasteiger partial charge on any atom is 0.312 e. The first-order valence-electron chi connectivity index (χ1n) is 4.80. The van der Waals surface area contributed by atoms with Crippen LogP contribution in [0.4, 0.5) is 5.69 Å². The Labute approximate surface area is 102 Å². The first-order valence-corrected chi connectivity index (χ1v) is 5.17. The van der Waals surface area contributed by atoms with E-state index in [1.54, 1.807) is 0 Å². The Morgan fingerprint density at radius 2 is 2.24 bits per heavy atom. The molecule has 0 atom stereocenters. The van der Waals surface area contributed by atoms with Gasteiger partial charge in [0, 0.05) is 12.5 Å². The van der Waals surface area contributed by atoms with Crippen LogP contribution in [0.2, 0.25) is 5.02 Å². The summed E-state index contributed by atoms with van der Waals surface area (Å²) in [6, 6.07) is 4.20. The van der Waals surface area contributed by atoms with E-state index in [1.165, 1.54) is 18.2 Å². The van der Waals surface area contributed by atoms with Gasteiger partial charge in [-0.2, -0.15) is 0 Å². The normalized spacial score (nSPS) is 9.94. The van der Waals surface area contributed by atoms with E-state index in [0.29, 0.717) is 0 Å². The van der Waals surface area contributed by atoms with Crippen LogP contribution in [0.25, 0.3) is 0 Å². The van der Waals surface area contributed by atoms with Gasteiger partial charge in [0.25, 0.3) is 0 Å². The first-order chi connectivity index (χ1) is 8.02. The Balaban J connectivity index is 2.69. The quantitative estimate of drug-likeness (QED) is 0.481. The molecule has 0 saturated heterocycles. The van der Waals surface area contributed by atoms with Crippen LogP contribution in [0.3, 0.4) is 0 Å². The number of halogens is 1. The fraction of sp³-hybridized carbons (Fsp3) is 0.300. The number of carbonyl (C=O) groups is 1. The lowest BCUT2D eigenvalue weighted by Gasteiger charge is -2.07. The number of nitro groups is 1. The van der Waals surface area contributed by atoms with Crippen LogP contribution < -0.4 is 4.74 Å². The van der Waals surface area contributed by atoms with Gasteiger partial charge in [-0.3, -0.25) is 14.9 Å². The van der Waals surface area contributed by atoms with Crippen LogP contribution in [0.5, 0.6) is 5.75 Å². The lowest BCUT2D eigenvalue weighted by molar-refractivity contribution is -0.385. The van der Waals surface area contributed by atoms with Crippen LogP contribution >= 0.6 is 11.6 Å². The van der Waals surface area contributed by atoms with Crippen molar-refractivity contribution < 1.29 is 19.6 Å². The summed E-state index contributed by atoms with van der Waals surface area (Å²) in [5.41, 5.74) is -0.229. The molecular weight excluding hydrogens is 250 g/mol. The van der Waals surface area contributed by atoms with E-state index in [9.17, 15) is 14.9 Å². The zero-order chi connectivity index (χ0) is 12.8. The number of rotatable bonds is 6. The van der Waals surface area contributed by atoms with Crippen molar-refractivity contribution >= 4 is 23.3 Å². The number of carboxylic acid groups (broad SMARTS) is 1. The molecule has 1 aromatic rings. The molecule has 1 rings (SSSR count). The van der Waals surface area contributed by atoms with Crippen molar-refractivity contribution in [1.82, 2.24) is 0 Å². The van der Waals surface area contributed by atoms with E-state index in [1.807, 2.05) is 0 Å². The SMILES string of the molecule is O=C(O)CCCOc1c(Cl)cccc1[N+](=O)[O-]. The van der Waals surface area contributed by atoms with Gasteiger partial charge >= 0.3 is 11.7 Å². The zero-order valence-corrected chi connectivity index (χ0v) is 9.51. The smallest absolute Gasteiger partial charge is 0.312 e. The highest BCUT2D eigenvalue weighted by Gasteiger charge is 2.17. The van der Waals surface area contributed by atoms with Gasteiger partial charge in [0.15, 0.2) is 0 Å². The molecule has 1 N–H and O–H groups in total. The average molecular weight is 260 g/mol. The molecule has 7 heteroatoms. The van der Waals surface area contributed by atoms with Gasteiger partial charge in [0.05, 0.1) is 16.6 Å². The van der Waals surface area contributed by atoms with Gasteiger partial charge in [-0.15, -0.1) is 0 Å². The minimum Gasteiger partial charge on any atom is -0.486 e. The number of aliphatic carboxylic acids is 1. The number of hydrogen-bond acceptors (Lipinski definition) is 4. The third-order valence-electron chi connectivity index (χ3n) is 1.92. The molecular formula is C10H10ClNO5. The summed E-state index contributed by atoms with van der Waals surface area (Å²) in [6.07, 6.45) is 0.204. The number of nitro benzene ring substituents is 1. The van der Waals surface area contributed by atoms with Crippen molar-refractivity contribution in [3.8, 4) is 5.75 Å². The average Bonchev–Trinajstić information content (AvgIpc) is 2.25. The van der Waals surface area contributed by atoms with Crippen molar-refractivity contribution in [3.05, 3.63) is 33.3 Å². The molecule has 0 amide bonds. The Hall–Kier alpha value is -1.82. The van der Waals surface area contributed by atoms with E-state index in [0.717, 1.165) is 0 Å². The van der Waals surface area contributed by atoms with Gasteiger partial charge in [0.2, 0.25) is 5.75 Å². The molecule has 0 aromatic heterocycles. The highest BCUT2D eigenvalue weighted by Crippen LogP contribution is 2.34. The summed E-state index contributed by atoms with van der Waals surface area (Å²) in [6.45, 7) is 0.0663. The van der Waals surface area contributed by atoms with Crippen LogP contribution in [0.1, 0.15) is 12.8 Å². The second-order valence-electron chi connectivity index (χ2n) is 3.19. The Bertz CT molecular complexity index is 435. The largest absolute Gasteiger partial charge is 0.486 e. The third kappa shape index (κ3) is 3.92. The molecule has 17 heavy (non-hydrogen) atoms. The Morgan fingerprint density at radius 1 is 1.53 bits per heavy atom. The molecule has 0 heterocycles. The summed E-state index contributed by atoms with van der Waals surface area (Å²) in [7, 11) is 0. The summed E-state index contributed by atoms with van der Waals surface area (Å²) >= 11 is 5.77. The maximum atomic E-state index is 10.7. The highest BCUT2D eigenvalue weighted by molar-refractivity contribution is 6.32. The lowest BCUT2D eigenvalue weighted by atomic mass is 10.3. The number of ether oxygens (including phenoxy) is 1. The van der Waals surface area contributed by atoms with Crippen LogP contribution in [-0.2, 0) is 4.79 Å². The molecule has 0 unspecified atom stereocenters. The molecule has 6 nitrogen and oxygen atoms in total.